The molecule has 90 valence electrons. The van der Waals surface area contributed by atoms with Crippen molar-refractivity contribution in [3.63, 3.8) is 0 Å². The third-order valence-corrected chi connectivity index (χ3v) is 2.73. The number of nitrogens with two attached hydrogens (primary N) is 1. The van der Waals surface area contributed by atoms with Crippen LogP contribution in [-0.2, 0) is 0 Å². The van der Waals surface area contributed by atoms with Crippen LogP contribution in [-0.4, -0.2) is 17.0 Å². The standard InChI is InChI=1S/C13H13N5/c1-8-9(7-14)4-3-5-10(8)11-6-12(16-2)18-13(15)17-11/h3-6H,1-2H3,(H3,15,16,17,18). The van der Waals surface area contributed by atoms with E-state index in [-0.39, 0.29) is 5.95 Å². The summed E-state index contributed by atoms with van der Waals surface area (Å²) in [5, 5.41) is 12.0. The van der Waals surface area contributed by atoms with Crippen molar-refractivity contribution in [3.8, 4) is 17.3 Å². The van der Waals surface area contributed by atoms with Crippen molar-refractivity contribution in [2.24, 2.45) is 0 Å². The molecule has 0 aliphatic rings. The van der Waals surface area contributed by atoms with Crippen molar-refractivity contribution < 1.29 is 0 Å². The molecule has 0 saturated heterocycles. The molecule has 0 fully saturated rings. The van der Waals surface area contributed by atoms with Crippen LogP contribution in [0.25, 0.3) is 11.3 Å². The van der Waals surface area contributed by atoms with Crippen LogP contribution in [0, 0.1) is 18.3 Å². The fraction of sp³-hybridized carbons (Fsp3) is 0.154. The fourth-order valence-corrected chi connectivity index (χ4v) is 1.77. The minimum atomic E-state index is 0.207. The van der Waals surface area contributed by atoms with Crippen molar-refractivity contribution in [2.75, 3.05) is 18.1 Å². The largest absolute Gasteiger partial charge is 0.373 e. The highest BCUT2D eigenvalue weighted by Gasteiger charge is 2.09. The Morgan fingerprint density at radius 2 is 2.11 bits per heavy atom. The third-order valence-electron chi connectivity index (χ3n) is 2.73. The lowest BCUT2D eigenvalue weighted by Gasteiger charge is -2.08. The number of nitrogens with one attached hydrogen (secondary N) is 1. The first kappa shape index (κ1) is 11.9. The molecule has 0 aliphatic carbocycles. The van der Waals surface area contributed by atoms with E-state index in [1.54, 1.807) is 19.2 Å². The van der Waals surface area contributed by atoms with Crippen LogP contribution in [0.5, 0.6) is 0 Å². The fourth-order valence-electron chi connectivity index (χ4n) is 1.77. The van der Waals surface area contributed by atoms with Crippen molar-refractivity contribution >= 4 is 11.8 Å². The van der Waals surface area contributed by atoms with E-state index >= 15 is 0 Å². The Morgan fingerprint density at radius 3 is 2.78 bits per heavy atom. The first-order chi connectivity index (χ1) is 8.65. The topological polar surface area (TPSA) is 87.6 Å². The Bertz CT molecular complexity index is 628. The number of nitrogens with zero attached hydrogens (tertiary/aromatic N) is 3. The smallest absolute Gasteiger partial charge is 0.222 e. The zero-order valence-corrected chi connectivity index (χ0v) is 10.2. The molecule has 5 heteroatoms. The van der Waals surface area contributed by atoms with Gasteiger partial charge in [0, 0.05) is 18.7 Å². The maximum absolute atomic E-state index is 9.03. The molecule has 2 rings (SSSR count). The summed E-state index contributed by atoms with van der Waals surface area (Å²) >= 11 is 0. The van der Waals surface area contributed by atoms with E-state index in [4.69, 9.17) is 11.0 Å². The quantitative estimate of drug-likeness (QED) is 0.836. The second-order valence-electron chi connectivity index (χ2n) is 3.84. The molecule has 1 heterocycles. The Morgan fingerprint density at radius 1 is 1.33 bits per heavy atom. The molecule has 0 bridgehead atoms. The van der Waals surface area contributed by atoms with Gasteiger partial charge in [-0.25, -0.2) is 4.98 Å². The highest BCUT2D eigenvalue weighted by Crippen LogP contribution is 2.25. The van der Waals surface area contributed by atoms with Gasteiger partial charge in [0.05, 0.1) is 17.3 Å². The van der Waals surface area contributed by atoms with Crippen molar-refractivity contribution in [2.45, 2.75) is 6.92 Å². The summed E-state index contributed by atoms with van der Waals surface area (Å²) in [4.78, 5) is 8.25. The number of anilines is 2. The van der Waals surface area contributed by atoms with Gasteiger partial charge in [0.25, 0.3) is 0 Å². The number of nitrogen functional groups attached to an aromatic ring is 1. The summed E-state index contributed by atoms with van der Waals surface area (Å²) in [6.07, 6.45) is 0. The highest BCUT2D eigenvalue weighted by molar-refractivity contribution is 5.69. The van der Waals surface area contributed by atoms with E-state index in [1.165, 1.54) is 0 Å². The SMILES string of the molecule is CNc1cc(-c2cccc(C#N)c2C)nc(N)n1. The van der Waals surface area contributed by atoms with Gasteiger partial charge >= 0.3 is 0 Å². The van der Waals surface area contributed by atoms with Crippen LogP contribution in [0.1, 0.15) is 11.1 Å². The first-order valence-corrected chi connectivity index (χ1v) is 5.48. The molecule has 0 atom stereocenters. The number of aromatic nitrogens is 2. The van der Waals surface area contributed by atoms with E-state index < -0.39 is 0 Å². The van der Waals surface area contributed by atoms with Gasteiger partial charge in [0.2, 0.25) is 5.95 Å². The first-order valence-electron chi connectivity index (χ1n) is 5.48. The molecule has 0 aliphatic heterocycles. The van der Waals surface area contributed by atoms with Crippen LogP contribution in [0.15, 0.2) is 24.3 Å². The van der Waals surface area contributed by atoms with Crippen LogP contribution in [0.2, 0.25) is 0 Å². The highest BCUT2D eigenvalue weighted by atomic mass is 15.1. The van der Waals surface area contributed by atoms with Crippen molar-refractivity contribution in [3.05, 3.63) is 35.4 Å². The molecule has 2 aromatic rings. The van der Waals surface area contributed by atoms with Crippen LogP contribution in [0.3, 0.4) is 0 Å². The number of hydrogen-bond acceptors (Lipinski definition) is 5. The van der Waals surface area contributed by atoms with E-state index in [0.717, 1.165) is 11.1 Å². The second kappa shape index (κ2) is 4.72. The monoisotopic (exact) mass is 239 g/mol. The number of rotatable bonds is 2. The summed E-state index contributed by atoms with van der Waals surface area (Å²) in [6, 6.07) is 9.49. The Labute approximate surface area is 105 Å². The van der Waals surface area contributed by atoms with Gasteiger partial charge in [-0.15, -0.1) is 0 Å². The van der Waals surface area contributed by atoms with Crippen LogP contribution >= 0.6 is 0 Å². The lowest BCUT2D eigenvalue weighted by Crippen LogP contribution is -2.02. The lowest BCUT2D eigenvalue weighted by molar-refractivity contribution is 1.17. The molecule has 0 unspecified atom stereocenters. The van der Waals surface area contributed by atoms with E-state index in [0.29, 0.717) is 17.1 Å². The van der Waals surface area contributed by atoms with Crippen molar-refractivity contribution in [1.29, 1.82) is 5.26 Å². The predicted octanol–water partition coefficient (Wildman–Crippen LogP) is 1.95. The maximum atomic E-state index is 9.03. The van der Waals surface area contributed by atoms with Crippen LogP contribution < -0.4 is 11.1 Å². The molecule has 0 amide bonds. The molecule has 18 heavy (non-hydrogen) atoms. The summed E-state index contributed by atoms with van der Waals surface area (Å²) in [6.45, 7) is 1.89. The third kappa shape index (κ3) is 2.09. The Balaban J connectivity index is 2.62. The van der Waals surface area contributed by atoms with Gasteiger partial charge in [-0.05, 0) is 18.6 Å². The van der Waals surface area contributed by atoms with E-state index in [9.17, 15) is 0 Å². The van der Waals surface area contributed by atoms with Gasteiger partial charge in [0.1, 0.15) is 5.82 Å². The molecule has 3 N–H and O–H groups in total. The minimum Gasteiger partial charge on any atom is -0.373 e. The van der Waals surface area contributed by atoms with Gasteiger partial charge in [-0.2, -0.15) is 10.2 Å². The van der Waals surface area contributed by atoms with Gasteiger partial charge < -0.3 is 11.1 Å². The molecule has 0 spiro atoms. The number of nitriles is 1. The molecule has 0 saturated carbocycles. The zero-order chi connectivity index (χ0) is 13.1. The number of benzene rings is 1. The summed E-state index contributed by atoms with van der Waals surface area (Å²) < 4.78 is 0. The van der Waals surface area contributed by atoms with Gasteiger partial charge in [0.15, 0.2) is 0 Å². The molecule has 1 aromatic carbocycles. The Kier molecular flexibility index (Phi) is 3.11. The van der Waals surface area contributed by atoms with Crippen LogP contribution in [0.4, 0.5) is 11.8 Å². The summed E-state index contributed by atoms with van der Waals surface area (Å²) in [5.74, 6) is 0.859. The molecular weight excluding hydrogens is 226 g/mol. The second-order valence-corrected chi connectivity index (χ2v) is 3.84. The Hall–Kier alpha value is -2.61. The van der Waals surface area contributed by atoms with Gasteiger partial charge in [-0.3, -0.25) is 0 Å². The summed E-state index contributed by atoms with van der Waals surface area (Å²) in [7, 11) is 1.77. The zero-order valence-electron chi connectivity index (χ0n) is 10.2. The predicted molar refractivity (Wildman–Crippen MR) is 70.9 cm³/mol. The van der Waals surface area contributed by atoms with Crippen molar-refractivity contribution in [1.82, 2.24) is 9.97 Å². The maximum Gasteiger partial charge on any atom is 0.222 e. The van der Waals surface area contributed by atoms with E-state index in [1.807, 2.05) is 19.1 Å². The molecular formula is C13H13N5. The molecule has 5 nitrogen and oxygen atoms in total. The van der Waals surface area contributed by atoms with Gasteiger partial charge in [-0.1, -0.05) is 12.1 Å². The molecule has 1 aromatic heterocycles. The number of hydrogen-bond donors (Lipinski definition) is 2. The minimum absolute atomic E-state index is 0.207. The lowest BCUT2D eigenvalue weighted by atomic mass is 10.0. The average Bonchev–Trinajstić information content (AvgIpc) is 2.38. The molecule has 0 radical (unpaired) electrons. The average molecular weight is 239 g/mol. The summed E-state index contributed by atoms with van der Waals surface area (Å²) in [5.41, 5.74) is 8.79. The van der Waals surface area contributed by atoms with E-state index in [2.05, 4.69) is 21.4 Å². The normalized spacial score (nSPS) is 9.83.